The summed E-state index contributed by atoms with van der Waals surface area (Å²) in [6.07, 6.45) is 0. The number of aryl methyl sites for hydroxylation is 2. The van der Waals surface area contributed by atoms with Crippen LogP contribution in [0.5, 0.6) is 0 Å². The Hall–Kier alpha value is -3.29. The van der Waals surface area contributed by atoms with Crippen LogP contribution in [0.15, 0.2) is 36.4 Å². The molecule has 1 N–H and O–H groups in total. The lowest BCUT2D eigenvalue weighted by atomic mass is 10.2. The monoisotopic (exact) mass is 324 g/mol. The van der Waals surface area contributed by atoms with E-state index in [1.54, 1.807) is 26.0 Å². The molecule has 8 nitrogen and oxygen atoms in total. The Bertz CT molecular complexity index is 884. The number of hydrogen-bond acceptors (Lipinski definition) is 6. The molecule has 0 spiro atoms. The molecule has 24 heavy (non-hydrogen) atoms. The highest BCUT2D eigenvalue weighted by Gasteiger charge is 2.23. The number of nitrogens with zero attached hydrogens (tertiary/aromatic N) is 5. The van der Waals surface area contributed by atoms with E-state index in [4.69, 9.17) is 0 Å². The van der Waals surface area contributed by atoms with Gasteiger partial charge in [-0.15, -0.1) is 10.2 Å². The number of rotatable bonds is 4. The Morgan fingerprint density at radius 3 is 2.29 bits per heavy atom. The summed E-state index contributed by atoms with van der Waals surface area (Å²) in [6, 6.07) is 11.4. The van der Waals surface area contributed by atoms with Crippen molar-refractivity contribution in [1.82, 2.24) is 20.0 Å². The Balaban J connectivity index is 1.86. The molecule has 122 valence electrons. The molecule has 0 saturated heterocycles. The van der Waals surface area contributed by atoms with Crippen molar-refractivity contribution in [1.29, 1.82) is 0 Å². The number of nitro groups is 1. The molecule has 0 aliphatic carbocycles. The summed E-state index contributed by atoms with van der Waals surface area (Å²) in [6.45, 7) is 5.26. The largest absolute Gasteiger partial charge is 0.339 e. The van der Waals surface area contributed by atoms with E-state index in [2.05, 4.69) is 20.6 Å². The van der Waals surface area contributed by atoms with Crippen LogP contribution in [0.4, 0.5) is 17.2 Å². The molecule has 0 amide bonds. The molecule has 0 aliphatic heterocycles. The van der Waals surface area contributed by atoms with Crippen LogP contribution in [0.3, 0.4) is 0 Å². The van der Waals surface area contributed by atoms with Gasteiger partial charge < -0.3 is 5.32 Å². The van der Waals surface area contributed by atoms with E-state index in [1.807, 2.05) is 31.2 Å². The summed E-state index contributed by atoms with van der Waals surface area (Å²) >= 11 is 0. The lowest BCUT2D eigenvalue weighted by Gasteiger charge is -2.06. The van der Waals surface area contributed by atoms with Crippen molar-refractivity contribution in [2.45, 2.75) is 20.8 Å². The second-order valence-corrected chi connectivity index (χ2v) is 5.46. The van der Waals surface area contributed by atoms with Crippen molar-refractivity contribution < 1.29 is 4.92 Å². The molecular weight excluding hydrogens is 308 g/mol. The minimum absolute atomic E-state index is 0.00124. The average Bonchev–Trinajstić information content (AvgIpc) is 2.85. The van der Waals surface area contributed by atoms with Gasteiger partial charge in [-0.3, -0.25) is 10.1 Å². The van der Waals surface area contributed by atoms with Gasteiger partial charge in [0.05, 0.1) is 4.92 Å². The topological polar surface area (TPSA) is 98.8 Å². The molecule has 0 fully saturated rings. The molecule has 3 rings (SSSR count). The maximum atomic E-state index is 11.1. The summed E-state index contributed by atoms with van der Waals surface area (Å²) < 4.78 is 1.43. The van der Waals surface area contributed by atoms with Crippen LogP contribution in [-0.4, -0.2) is 24.9 Å². The first-order valence-corrected chi connectivity index (χ1v) is 7.34. The van der Waals surface area contributed by atoms with Gasteiger partial charge in [0.25, 0.3) is 0 Å². The van der Waals surface area contributed by atoms with Crippen molar-refractivity contribution in [2.24, 2.45) is 0 Å². The van der Waals surface area contributed by atoms with Crippen molar-refractivity contribution in [2.75, 3.05) is 5.32 Å². The molecule has 0 aliphatic rings. The number of aromatic nitrogens is 4. The number of benzene rings is 1. The van der Waals surface area contributed by atoms with Crippen LogP contribution < -0.4 is 5.32 Å². The molecule has 1 aromatic carbocycles. The standard InChI is InChI=1S/C16H16N6O2/c1-10-4-6-13(7-5-10)17-14-8-9-15(19-18-14)21-12(3)16(22(23)24)11(2)20-21/h4-9H,1-3H3,(H,17,18). The fourth-order valence-electron chi connectivity index (χ4n) is 2.41. The van der Waals surface area contributed by atoms with Gasteiger partial charge in [-0.05, 0) is 45.0 Å². The van der Waals surface area contributed by atoms with E-state index in [9.17, 15) is 10.1 Å². The third kappa shape index (κ3) is 2.94. The molecule has 0 atom stereocenters. The van der Waals surface area contributed by atoms with Gasteiger partial charge in [0.15, 0.2) is 11.6 Å². The van der Waals surface area contributed by atoms with E-state index >= 15 is 0 Å². The zero-order chi connectivity index (χ0) is 17.3. The maximum Gasteiger partial charge on any atom is 0.313 e. The minimum Gasteiger partial charge on any atom is -0.339 e. The van der Waals surface area contributed by atoms with Crippen molar-refractivity contribution >= 4 is 17.2 Å². The summed E-state index contributed by atoms with van der Waals surface area (Å²) in [5.74, 6) is 1.01. The molecule has 0 radical (unpaired) electrons. The predicted octanol–water partition coefficient (Wildman–Crippen LogP) is 3.24. The van der Waals surface area contributed by atoms with Crippen LogP contribution in [-0.2, 0) is 0 Å². The summed E-state index contributed by atoms with van der Waals surface area (Å²) in [4.78, 5) is 10.6. The molecular formula is C16H16N6O2. The fraction of sp³-hybridized carbons (Fsp3) is 0.188. The summed E-state index contributed by atoms with van der Waals surface area (Å²) in [5, 5.41) is 26.6. The first kappa shape index (κ1) is 15.6. The molecule has 3 aromatic rings. The molecule has 2 aromatic heterocycles. The van der Waals surface area contributed by atoms with Gasteiger partial charge in [0.2, 0.25) is 0 Å². The number of hydrogen-bond donors (Lipinski definition) is 1. The quantitative estimate of drug-likeness (QED) is 0.584. The van der Waals surface area contributed by atoms with Crippen molar-refractivity contribution in [3.8, 4) is 5.82 Å². The van der Waals surface area contributed by atoms with Crippen LogP contribution in [0.25, 0.3) is 5.82 Å². The van der Waals surface area contributed by atoms with Gasteiger partial charge in [-0.1, -0.05) is 17.7 Å². The predicted molar refractivity (Wildman–Crippen MR) is 89.7 cm³/mol. The highest BCUT2D eigenvalue weighted by Crippen LogP contribution is 2.24. The van der Waals surface area contributed by atoms with Gasteiger partial charge in [0.1, 0.15) is 11.4 Å². The number of nitrogens with one attached hydrogen (secondary N) is 1. The van der Waals surface area contributed by atoms with Gasteiger partial charge >= 0.3 is 5.69 Å². The first-order chi connectivity index (χ1) is 11.5. The first-order valence-electron chi connectivity index (χ1n) is 7.34. The Morgan fingerprint density at radius 1 is 1.04 bits per heavy atom. The van der Waals surface area contributed by atoms with Crippen LogP contribution in [0.1, 0.15) is 17.0 Å². The Kier molecular flexibility index (Phi) is 3.95. The average molecular weight is 324 g/mol. The Morgan fingerprint density at radius 2 is 1.75 bits per heavy atom. The molecule has 2 heterocycles. The molecule has 0 bridgehead atoms. The smallest absolute Gasteiger partial charge is 0.313 e. The van der Waals surface area contributed by atoms with E-state index < -0.39 is 4.92 Å². The van der Waals surface area contributed by atoms with Gasteiger partial charge in [0, 0.05) is 5.69 Å². The van der Waals surface area contributed by atoms with E-state index in [1.165, 1.54) is 10.2 Å². The second-order valence-electron chi connectivity index (χ2n) is 5.46. The third-order valence-electron chi connectivity index (χ3n) is 3.63. The van der Waals surface area contributed by atoms with E-state index in [0.717, 1.165) is 5.69 Å². The highest BCUT2D eigenvalue weighted by molar-refractivity contribution is 5.56. The minimum atomic E-state index is -0.436. The normalized spacial score (nSPS) is 10.6. The van der Waals surface area contributed by atoms with Crippen LogP contribution in [0, 0.1) is 30.9 Å². The summed E-state index contributed by atoms with van der Waals surface area (Å²) in [7, 11) is 0. The van der Waals surface area contributed by atoms with Crippen molar-refractivity contribution in [3.63, 3.8) is 0 Å². The maximum absolute atomic E-state index is 11.1. The number of anilines is 2. The van der Waals surface area contributed by atoms with Crippen molar-refractivity contribution in [3.05, 3.63) is 63.5 Å². The van der Waals surface area contributed by atoms with Gasteiger partial charge in [-0.25, -0.2) is 4.68 Å². The lowest BCUT2D eigenvalue weighted by Crippen LogP contribution is -2.05. The molecule has 0 unspecified atom stereocenters. The van der Waals surface area contributed by atoms with E-state index in [-0.39, 0.29) is 5.69 Å². The Labute approximate surface area is 138 Å². The summed E-state index contributed by atoms with van der Waals surface area (Å²) in [5.41, 5.74) is 2.85. The van der Waals surface area contributed by atoms with Gasteiger partial charge in [-0.2, -0.15) is 5.10 Å². The van der Waals surface area contributed by atoms with Crippen LogP contribution in [0.2, 0.25) is 0 Å². The molecule has 8 heteroatoms. The van der Waals surface area contributed by atoms with E-state index in [0.29, 0.717) is 23.0 Å². The SMILES string of the molecule is Cc1ccc(Nc2ccc(-n3nc(C)c([N+](=O)[O-])c3C)nn2)cc1. The highest BCUT2D eigenvalue weighted by atomic mass is 16.6. The third-order valence-corrected chi connectivity index (χ3v) is 3.63. The zero-order valence-corrected chi connectivity index (χ0v) is 13.5. The molecule has 0 saturated carbocycles. The van der Waals surface area contributed by atoms with Crippen LogP contribution >= 0.6 is 0 Å². The fourth-order valence-corrected chi connectivity index (χ4v) is 2.41. The lowest BCUT2D eigenvalue weighted by molar-refractivity contribution is -0.386. The second kappa shape index (κ2) is 6.07. The zero-order valence-electron chi connectivity index (χ0n) is 13.5.